The van der Waals surface area contributed by atoms with E-state index in [0.717, 1.165) is 30.2 Å². The van der Waals surface area contributed by atoms with E-state index in [0.29, 0.717) is 12.3 Å². The second kappa shape index (κ2) is 6.61. The number of carbonyl (C=O) groups excluding carboxylic acids is 1. The van der Waals surface area contributed by atoms with Gasteiger partial charge < -0.3 is 20.1 Å². The molecule has 1 aromatic carbocycles. The summed E-state index contributed by atoms with van der Waals surface area (Å²) < 4.78 is 10.6. The van der Waals surface area contributed by atoms with Crippen LogP contribution in [0, 0.1) is 5.92 Å². The number of nitrogens with one attached hydrogen (secondary N) is 2. The van der Waals surface area contributed by atoms with E-state index in [1.165, 1.54) is 0 Å². The van der Waals surface area contributed by atoms with Crippen LogP contribution >= 0.6 is 0 Å². The molecule has 1 amide bonds. The Bertz CT molecular complexity index is 472. The van der Waals surface area contributed by atoms with Crippen molar-refractivity contribution < 1.29 is 14.3 Å². The molecule has 1 aromatic rings. The zero-order chi connectivity index (χ0) is 14.5. The number of carbonyl (C=O) groups is 1. The molecular formula is C15H22N2O3. The molecule has 5 nitrogen and oxygen atoms in total. The third-order valence-corrected chi connectivity index (χ3v) is 3.62. The molecule has 1 saturated heterocycles. The summed E-state index contributed by atoms with van der Waals surface area (Å²) in [5, 5.41) is 6.19. The van der Waals surface area contributed by atoms with E-state index in [-0.39, 0.29) is 11.9 Å². The van der Waals surface area contributed by atoms with Gasteiger partial charge in [-0.3, -0.25) is 4.79 Å². The van der Waals surface area contributed by atoms with E-state index < -0.39 is 0 Å². The smallest absolute Gasteiger partial charge is 0.220 e. The molecule has 0 radical (unpaired) electrons. The summed E-state index contributed by atoms with van der Waals surface area (Å²) in [7, 11) is 3.25. The minimum atomic E-state index is -0.111. The van der Waals surface area contributed by atoms with Crippen LogP contribution in [0.3, 0.4) is 0 Å². The quantitative estimate of drug-likeness (QED) is 0.827. The van der Waals surface area contributed by atoms with Gasteiger partial charge in [-0.1, -0.05) is 0 Å². The summed E-state index contributed by atoms with van der Waals surface area (Å²) in [6.07, 6.45) is 0.573. The second-order valence-electron chi connectivity index (χ2n) is 5.13. The summed E-state index contributed by atoms with van der Waals surface area (Å²) in [4.78, 5) is 12.0. The minimum absolute atomic E-state index is 0.0777. The van der Waals surface area contributed by atoms with E-state index >= 15 is 0 Å². The number of amides is 1. The van der Waals surface area contributed by atoms with Crippen molar-refractivity contribution in [1.29, 1.82) is 0 Å². The Hall–Kier alpha value is -1.75. The lowest BCUT2D eigenvalue weighted by atomic mass is 9.98. The Morgan fingerprint density at radius 3 is 2.70 bits per heavy atom. The van der Waals surface area contributed by atoms with Crippen LogP contribution < -0.4 is 20.1 Å². The Labute approximate surface area is 119 Å². The van der Waals surface area contributed by atoms with Gasteiger partial charge in [0.05, 0.1) is 20.3 Å². The van der Waals surface area contributed by atoms with E-state index in [9.17, 15) is 4.79 Å². The third kappa shape index (κ3) is 3.42. The monoisotopic (exact) mass is 278 g/mol. The molecule has 0 saturated carbocycles. The lowest BCUT2D eigenvalue weighted by Gasteiger charge is -2.27. The molecule has 110 valence electrons. The van der Waals surface area contributed by atoms with Crippen molar-refractivity contribution in [2.45, 2.75) is 19.4 Å². The fraction of sp³-hybridized carbons (Fsp3) is 0.533. The molecule has 20 heavy (non-hydrogen) atoms. The summed E-state index contributed by atoms with van der Waals surface area (Å²) >= 11 is 0. The van der Waals surface area contributed by atoms with Crippen molar-refractivity contribution in [1.82, 2.24) is 10.6 Å². The van der Waals surface area contributed by atoms with Crippen LogP contribution in [-0.4, -0.2) is 33.2 Å². The molecule has 0 aromatic heterocycles. The highest BCUT2D eigenvalue weighted by atomic mass is 16.5. The highest BCUT2D eigenvalue weighted by molar-refractivity contribution is 5.77. The number of hydrogen-bond donors (Lipinski definition) is 2. The van der Waals surface area contributed by atoms with Gasteiger partial charge in [-0.2, -0.15) is 0 Å². The number of methoxy groups -OCH3 is 2. The van der Waals surface area contributed by atoms with Crippen molar-refractivity contribution in [3.8, 4) is 11.5 Å². The van der Waals surface area contributed by atoms with Gasteiger partial charge in [-0.15, -0.1) is 0 Å². The lowest BCUT2D eigenvalue weighted by molar-refractivity contribution is -0.123. The van der Waals surface area contributed by atoms with Gasteiger partial charge in [0.2, 0.25) is 5.91 Å². The topological polar surface area (TPSA) is 59.6 Å². The van der Waals surface area contributed by atoms with Crippen molar-refractivity contribution in [2.75, 3.05) is 27.3 Å². The summed E-state index contributed by atoms with van der Waals surface area (Å²) in [6.45, 7) is 3.82. The zero-order valence-electron chi connectivity index (χ0n) is 12.2. The van der Waals surface area contributed by atoms with Gasteiger partial charge in [-0.05, 0) is 44.1 Å². The fourth-order valence-electron chi connectivity index (χ4n) is 2.31. The first-order valence-corrected chi connectivity index (χ1v) is 6.86. The first-order valence-electron chi connectivity index (χ1n) is 6.86. The van der Waals surface area contributed by atoms with Crippen LogP contribution in [-0.2, 0) is 4.79 Å². The predicted octanol–water partition coefficient (Wildman–Crippen LogP) is 1.49. The molecule has 1 fully saturated rings. The molecule has 0 spiro atoms. The molecule has 2 rings (SSSR count). The molecule has 0 aliphatic carbocycles. The summed E-state index contributed by atoms with van der Waals surface area (Å²) in [5.74, 6) is 2.05. The first-order chi connectivity index (χ1) is 9.63. The molecule has 1 unspecified atom stereocenters. The zero-order valence-corrected chi connectivity index (χ0v) is 12.2. The van der Waals surface area contributed by atoms with Crippen molar-refractivity contribution >= 4 is 5.91 Å². The highest BCUT2D eigenvalue weighted by Crippen LogP contribution is 2.29. The second-order valence-corrected chi connectivity index (χ2v) is 5.13. The Morgan fingerprint density at radius 1 is 1.40 bits per heavy atom. The van der Waals surface area contributed by atoms with Gasteiger partial charge in [0.25, 0.3) is 0 Å². The van der Waals surface area contributed by atoms with Crippen LogP contribution in [0.4, 0.5) is 0 Å². The fourth-order valence-corrected chi connectivity index (χ4v) is 2.31. The van der Waals surface area contributed by atoms with E-state index in [4.69, 9.17) is 9.47 Å². The van der Waals surface area contributed by atoms with Crippen molar-refractivity contribution in [3.05, 3.63) is 23.8 Å². The third-order valence-electron chi connectivity index (χ3n) is 3.62. The van der Waals surface area contributed by atoms with Gasteiger partial charge in [-0.25, -0.2) is 0 Å². The summed E-state index contributed by atoms with van der Waals surface area (Å²) in [5.41, 5.74) is 0.923. The minimum Gasteiger partial charge on any atom is -0.497 e. The molecule has 2 N–H and O–H groups in total. The number of rotatable bonds is 6. The maximum Gasteiger partial charge on any atom is 0.220 e. The van der Waals surface area contributed by atoms with Crippen LogP contribution in [0.1, 0.15) is 24.9 Å². The van der Waals surface area contributed by atoms with Gasteiger partial charge in [0.1, 0.15) is 11.5 Å². The molecule has 1 aliphatic rings. The van der Waals surface area contributed by atoms with Crippen LogP contribution in [0.15, 0.2) is 18.2 Å². The molecular weight excluding hydrogens is 256 g/mol. The highest BCUT2D eigenvalue weighted by Gasteiger charge is 2.22. The maximum absolute atomic E-state index is 12.0. The van der Waals surface area contributed by atoms with E-state index in [2.05, 4.69) is 10.6 Å². The lowest BCUT2D eigenvalue weighted by Crippen LogP contribution is -2.44. The van der Waals surface area contributed by atoms with E-state index in [1.807, 2.05) is 25.1 Å². The molecule has 1 aliphatic heterocycles. The normalized spacial score (nSPS) is 16.1. The standard InChI is InChI=1S/C15H22N2O3/c1-10(17-15(18)6-11-8-16-9-11)13-7-12(19-2)4-5-14(13)20-3/h4-5,7,10-11,16H,6,8-9H2,1-3H3,(H,17,18). The molecule has 1 atom stereocenters. The molecule has 5 heteroatoms. The van der Waals surface area contributed by atoms with Crippen molar-refractivity contribution in [3.63, 3.8) is 0 Å². The molecule has 0 bridgehead atoms. The summed E-state index contributed by atoms with van der Waals surface area (Å²) in [6, 6.07) is 5.48. The number of ether oxygens (including phenoxy) is 2. The van der Waals surface area contributed by atoms with Gasteiger partial charge in [0.15, 0.2) is 0 Å². The average Bonchev–Trinajstić information content (AvgIpc) is 2.42. The predicted molar refractivity (Wildman–Crippen MR) is 77.1 cm³/mol. The maximum atomic E-state index is 12.0. The number of benzene rings is 1. The van der Waals surface area contributed by atoms with Crippen LogP contribution in [0.25, 0.3) is 0 Å². The largest absolute Gasteiger partial charge is 0.497 e. The SMILES string of the molecule is COc1ccc(OC)c(C(C)NC(=O)CC2CNC2)c1. The van der Waals surface area contributed by atoms with Gasteiger partial charge >= 0.3 is 0 Å². The number of hydrogen-bond acceptors (Lipinski definition) is 4. The first kappa shape index (κ1) is 14.7. The average molecular weight is 278 g/mol. The molecule has 1 heterocycles. The van der Waals surface area contributed by atoms with Gasteiger partial charge in [0, 0.05) is 12.0 Å². The van der Waals surface area contributed by atoms with E-state index in [1.54, 1.807) is 14.2 Å². The van der Waals surface area contributed by atoms with Crippen LogP contribution in [0.2, 0.25) is 0 Å². The Morgan fingerprint density at radius 2 is 2.15 bits per heavy atom. The Kier molecular flexibility index (Phi) is 4.84. The van der Waals surface area contributed by atoms with Crippen LogP contribution in [0.5, 0.6) is 11.5 Å². The van der Waals surface area contributed by atoms with Crippen molar-refractivity contribution in [2.24, 2.45) is 5.92 Å². The Balaban J connectivity index is 2.02.